The second-order valence-electron chi connectivity index (χ2n) is 5.19. The Morgan fingerprint density at radius 2 is 1.71 bits per heavy atom. The van der Waals surface area contributed by atoms with Gasteiger partial charge < -0.3 is 0 Å². The van der Waals surface area contributed by atoms with Gasteiger partial charge in [0.05, 0.1) is 0 Å². The Balaban J connectivity index is 1.91. The molecule has 2 heteroatoms. The molecule has 0 saturated heterocycles. The predicted molar refractivity (Wildman–Crippen MR) is 88.2 cm³/mol. The van der Waals surface area contributed by atoms with E-state index in [2.05, 4.69) is 24.3 Å². The van der Waals surface area contributed by atoms with Crippen LogP contribution in [-0.2, 0) is 6.42 Å². The van der Waals surface area contributed by atoms with Crippen LogP contribution in [0.1, 0.15) is 21.5 Å². The molecular formula is C19H15ClO. The summed E-state index contributed by atoms with van der Waals surface area (Å²) >= 11 is 6.09. The quantitative estimate of drug-likeness (QED) is 0.605. The summed E-state index contributed by atoms with van der Waals surface area (Å²) in [5.74, 6) is 0.102. The number of Topliss-reactive ketones (excluding diaryl/α,β-unsaturated/α-hetero) is 1. The predicted octanol–water partition coefficient (Wildman–Crippen LogP) is 5.23. The van der Waals surface area contributed by atoms with E-state index in [1.807, 2.05) is 43.3 Å². The smallest absolute Gasteiger partial charge is 0.167 e. The summed E-state index contributed by atoms with van der Waals surface area (Å²) in [4.78, 5) is 12.5. The first-order valence-corrected chi connectivity index (χ1v) is 7.29. The Kier molecular flexibility index (Phi) is 3.76. The van der Waals surface area contributed by atoms with Crippen LogP contribution in [0.25, 0.3) is 10.8 Å². The van der Waals surface area contributed by atoms with Gasteiger partial charge in [0.25, 0.3) is 0 Å². The molecule has 0 aliphatic heterocycles. The zero-order chi connectivity index (χ0) is 14.8. The molecule has 3 aromatic rings. The van der Waals surface area contributed by atoms with E-state index >= 15 is 0 Å². The first-order chi connectivity index (χ1) is 10.1. The van der Waals surface area contributed by atoms with Crippen molar-refractivity contribution in [3.8, 4) is 0 Å². The fraction of sp³-hybridized carbons (Fsp3) is 0.105. The van der Waals surface area contributed by atoms with Gasteiger partial charge in [-0.2, -0.15) is 0 Å². The van der Waals surface area contributed by atoms with E-state index in [-0.39, 0.29) is 5.78 Å². The van der Waals surface area contributed by atoms with Crippen LogP contribution in [-0.4, -0.2) is 5.78 Å². The first kappa shape index (κ1) is 13.8. The maximum Gasteiger partial charge on any atom is 0.167 e. The molecule has 0 aliphatic rings. The summed E-state index contributed by atoms with van der Waals surface area (Å²) in [7, 11) is 0. The summed E-state index contributed by atoms with van der Waals surface area (Å²) in [5, 5.41) is 2.98. The van der Waals surface area contributed by atoms with Gasteiger partial charge in [-0.25, -0.2) is 0 Å². The van der Waals surface area contributed by atoms with Crippen molar-refractivity contribution in [2.45, 2.75) is 13.3 Å². The van der Waals surface area contributed by atoms with E-state index in [4.69, 9.17) is 11.6 Å². The van der Waals surface area contributed by atoms with Gasteiger partial charge in [-0.3, -0.25) is 4.79 Å². The number of ketones is 1. The largest absolute Gasteiger partial charge is 0.294 e. The molecule has 3 aromatic carbocycles. The van der Waals surface area contributed by atoms with Gasteiger partial charge in [0.2, 0.25) is 0 Å². The lowest BCUT2D eigenvalue weighted by molar-refractivity contribution is 0.0992. The lowest BCUT2D eigenvalue weighted by atomic mass is 9.97. The summed E-state index contributed by atoms with van der Waals surface area (Å²) in [6.45, 7) is 1.88. The van der Waals surface area contributed by atoms with Crippen LogP contribution in [0.2, 0.25) is 5.02 Å². The number of hydrogen-bond donors (Lipinski definition) is 0. The molecule has 3 rings (SSSR count). The third kappa shape index (κ3) is 2.84. The highest BCUT2D eigenvalue weighted by Crippen LogP contribution is 2.21. The van der Waals surface area contributed by atoms with Gasteiger partial charge in [-0.05, 0) is 34.9 Å². The molecule has 0 atom stereocenters. The minimum Gasteiger partial charge on any atom is -0.294 e. The summed E-state index contributed by atoms with van der Waals surface area (Å²) in [6, 6.07) is 19.8. The average molecular weight is 295 g/mol. The van der Waals surface area contributed by atoms with Crippen molar-refractivity contribution in [2.24, 2.45) is 0 Å². The molecule has 104 valence electrons. The lowest BCUT2D eigenvalue weighted by Gasteiger charge is -2.07. The van der Waals surface area contributed by atoms with Crippen LogP contribution < -0.4 is 0 Å². The van der Waals surface area contributed by atoms with Crippen molar-refractivity contribution in [1.82, 2.24) is 0 Å². The molecule has 0 amide bonds. The number of benzene rings is 3. The third-order valence-corrected chi connectivity index (χ3v) is 4.16. The molecule has 0 radical (unpaired) electrons. The molecule has 0 heterocycles. The van der Waals surface area contributed by atoms with Crippen molar-refractivity contribution in [3.63, 3.8) is 0 Å². The molecular weight excluding hydrogens is 280 g/mol. The number of carbonyl (C=O) groups excluding carboxylic acids is 1. The Bertz CT molecular complexity index is 821. The molecule has 21 heavy (non-hydrogen) atoms. The molecule has 0 unspecified atom stereocenters. The van der Waals surface area contributed by atoms with E-state index in [0.717, 1.165) is 16.5 Å². The number of fused-ring (bicyclic) bond motifs is 1. The Labute approximate surface area is 129 Å². The molecule has 0 fully saturated rings. The Hall–Kier alpha value is -2.12. The van der Waals surface area contributed by atoms with Gasteiger partial charge in [-0.1, -0.05) is 66.2 Å². The molecule has 0 aromatic heterocycles. The molecule has 0 bridgehead atoms. The second kappa shape index (κ2) is 5.71. The molecule has 0 N–H and O–H groups in total. The van der Waals surface area contributed by atoms with Crippen LogP contribution in [0, 0.1) is 6.92 Å². The van der Waals surface area contributed by atoms with E-state index in [1.54, 1.807) is 0 Å². The fourth-order valence-electron chi connectivity index (χ4n) is 2.54. The number of carbonyl (C=O) groups is 1. The fourth-order valence-corrected chi connectivity index (χ4v) is 2.71. The average Bonchev–Trinajstić information content (AvgIpc) is 2.50. The van der Waals surface area contributed by atoms with Gasteiger partial charge in [0.15, 0.2) is 5.78 Å². The highest BCUT2D eigenvalue weighted by Gasteiger charge is 2.11. The van der Waals surface area contributed by atoms with E-state index < -0.39 is 0 Å². The maximum absolute atomic E-state index is 12.5. The van der Waals surface area contributed by atoms with Gasteiger partial charge in [-0.15, -0.1) is 0 Å². The monoisotopic (exact) mass is 294 g/mol. The summed E-state index contributed by atoms with van der Waals surface area (Å²) < 4.78 is 0. The molecule has 1 nitrogen and oxygen atoms in total. The number of rotatable bonds is 3. The van der Waals surface area contributed by atoms with Crippen molar-refractivity contribution in [3.05, 3.63) is 82.4 Å². The minimum absolute atomic E-state index is 0.102. The third-order valence-electron chi connectivity index (χ3n) is 3.75. The zero-order valence-electron chi connectivity index (χ0n) is 11.8. The van der Waals surface area contributed by atoms with Crippen molar-refractivity contribution < 1.29 is 4.79 Å². The molecule has 0 spiro atoms. The highest BCUT2D eigenvalue weighted by atomic mass is 35.5. The SMILES string of the molecule is Cc1c(Cl)cccc1C(=O)Cc1ccc2ccccc2c1. The van der Waals surface area contributed by atoms with Crippen molar-refractivity contribution >= 4 is 28.2 Å². The summed E-state index contributed by atoms with van der Waals surface area (Å²) in [5.41, 5.74) is 2.58. The van der Waals surface area contributed by atoms with Crippen LogP contribution in [0.5, 0.6) is 0 Å². The van der Waals surface area contributed by atoms with E-state index in [1.165, 1.54) is 5.39 Å². The Morgan fingerprint density at radius 1 is 0.952 bits per heavy atom. The first-order valence-electron chi connectivity index (χ1n) is 6.91. The Morgan fingerprint density at radius 3 is 2.52 bits per heavy atom. The lowest BCUT2D eigenvalue weighted by Crippen LogP contribution is -2.05. The zero-order valence-corrected chi connectivity index (χ0v) is 12.5. The number of halogens is 1. The van der Waals surface area contributed by atoms with Gasteiger partial charge in [0, 0.05) is 17.0 Å². The van der Waals surface area contributed by atoms with Crippen LogP contribution in [0.4, 0.5) is 0 Å². The van der Waals surface area contributed by atoms with Crippen LogP contribution in [0.15, 0.2) is 60.7 Å². The standard InChI is InChI=1S/C19H15ClO/c1-13-17(7-4-8-18(13)20)19(21)12-14-9-10-15-5-2-3-6-16(15)11-14/h2-11H,12H2,1H3. The normalized spacial score (nSPS) is 10.8. The maximum atomic E-state index is 12.5. The topological polar surface area (TPSA) is 17.1 Å². The molecule has 0 aliphatic carbocycles. The summed E-state index contributed by atoms with van der Waals surface area (Å²) in [6.07, 6.45) is 0.395. The van der Waals surface area contributed by atoms with Crippen LogP contribution in [0.3, 0.4) is 0 Å². The highest BCUT2D eigenvalue weighted by molar-refractivity contribution is 6.31. The van der Waals surface area contributed by atoms with E-state index in [9.17, 15) is 4.79 Å². The van der Waals surface area contributed by atoms with E-state index in [0.29, 0.717) is 17.0 Å². The second-order valence-corrected chi connectivity index (χ2v) is 5.60. The number of hydrogen-bond acceptors (Lipinski definition) is 1. The van der Waals surface area contributed by atoms with Crippen LogP contribution >= 0.6 is 11.6 Å². The molecule has 0 saturated carbocycles. The van der Waals surface area contributed by atoms with Crippen molar-refractivity contribution in [2.75, 3.05) is 0 Å². The van der Waals surface area contributed by atoms with Gasteiger partial charge >= 0.3 is 0 Å². The minimum atomic E-state index is 0.102. The van der Waals surface area contributed by atoms with Crippen molar-refractivity contribution in [1.29, 1.82) is 0 Å². The van der Waals surface area contributed by atoms with Gasteiger partial charge in [0.1, 0.15) is 0 Å².